The fourth-order valence-corrected chi connectivity index (χ4v) is 4.53. The molecule has 6 nitrogen and oxygen atoms in total. The van der Waals surface area contributed by atoms with Crippen LogP contribution < -0.4 is 0 Å². The van der Waals surface area contributed by atoms with E-state index in [1.54, 1.807) is 6.26 Å². The predicted molar refractivity (Wildman–Crippen MR) is 114 cm³/mol. The van der Waals surface area contributed by atoms with Gasteiger partial charge >= 0.3 is 0 Å². The Morgan fingerprint density at radius 1 is 1.10 bits per heavy atom. The second-order valence-corrected chi connectivity index (χ2v) is 8.26. The molecule has 0 N–H and O–H groups in total. The lowest BCUT2D eigenvalue weighted by Crippen LogP contribution is -2.36. The summed E-state index contributed by atoms with van der Waals surface area (Å²) < 4.78 is 7.58. The lowest BCUT2D eigenvalue weighted by atomic mass is 10.1. The highest BCUT2D eigenvalue weighted by Gasteiger charge is 2.21. The Bertz CT molecular complexity index is 945. The van der Waals surface area contributed by atoms with E-state index in [9.17, 15) is 4.79 Å². The summed E-state index contributed by atoms with van der Waals surface area (Å²) in [6, 6.07) is 12.3. The first-order chi connectivity index (χ1) is 14.2. The summed E-state index contributed by atoms with van der Waals surface area (Å²) in [5.41, 5.74) is 2.20. The zero-order chi connectivity index (χ0) is 20.1. The van der Waals surface area contributed by atoms with E-state index in [0.717, 1.165) is 61.2 Å². The number of aromatic nitrogens is 3. The third-order valence-electron chi connectivity index (χ3n) is 5.32. The third-order valence-corrected chi connectivity index (χ3v) is 6.27. The lowest BCUT2D eigenvalue weighted by molar-refractivity contribution is -0.129. The van der Waals surface area contributed by atoms with Gasteiger partial charge in [0.25, 0.3) is 0 Å². The maximum atomic E-state index is 12.6. The van der Waals surface area contributed by atoms with E-state index < -0.39 is 0 Å². The number of carbonyl (C=O) groups is 1. The lowest BCUT2D eigenvalue weighted by Gasteiger charge is -2.26. The van der Waals surface area contributed by atoms with Gasteiger partial charge in [-0.2, -0.15) is 0 Å². The number of hydrogen-bond donors (Lipinski definition) is 0. The van der Waals surface area contributed by atoms with Crippen molar-refractivity contribution in [2.24, 2.45) is 0 Å². The number of rotatable bonds is 7. The number of hydrogen-bond acceptors (Lipinski definition) is 5. The standard InChI is InChI=1S/C22H26N4O2S/c1-17-19(11-15-28-17)21-23-24-22(26(21)14-10-18-8-4-2-5-9-18)29-16-20(27)25-12-6-3-7-13-25/h2,4-5,8-9,11,15H,3,6-7,10,12-14,16H2,1H3. The van der Waals surface area contributed by atoms with Crippen molar-refractivity contribution >= 4 is 17.7 Å². The number of furan rings is 1. The molecule has 0 radical (unpaired) electrons. The first kappa shape index (κ1) is 19.8. The highest BCUT2D eigenvalue weighted by Crippen LogP contribution is 2.28. The molecule has 1 saturated heterocycles. The molecule has 1 aliphatic rings. The molecule has 152 valence electrons. The minimum absolute atomic E-state index is 0.188. The molecular formula is C22H26N4O2S. The normalized spacial score (nSPS) is 14.3. The van der Waals surface area contributed by atoms with Crippen LogP contribution in [0, 0.1) is 6.92 Å². The van der Waals surface area contributed by atoms with Crippen molar-refractivity contribution in [3.8, 4) is 11.4 Å². The molecule has 2 aromatic heterocycles. The zero-order valence-electron chi connectivity index (χ0n) is 16.7. The number of amides is 1. The van der Waals surface area contributed by atoms with Gasteiger partial charge in [0, 0.05) is 19.6 Å². The average molecular weight is 411 g/mol. The number of likely N-dealkylation sites (tertiary alicyclic amines) is 1. The van der Waals surface area contributed by atoms with Crippen molar-refractivity contribution in [3.63, 3.8) is 0 Å². The summed E-state index contributed by atoms with van der Waals surface area (Å²) in [6.45, 7) is 4.43. The van der Waals surface area contributed by atoms with E-state index in [-0.39, 0.29) is 5.91 Å². The first-order valence-electron chi connectivity index (χ1n) is 10.1. The molecule has 3 heterocycles. The van der Waals surface area contributed by atoms with Crippen molar-refractivity contribution in [1.29, 1.82) is 0 Å². The molecule has 7 heteroatoms. The van der Waals surface area contributed by atoms with Crippen LogP contribution in [0.3, 0.4) is 0 Å². The summed E-state index contributed by atoms with van der Waals surface area (Å²) in [6.07, 6.45) is 5.98. The number of thioether (sulfide) groups is 1. The summed E-state index contributed by atoms with van der Waals surface area (Å²) in [7, 11) is 0. The van der Waals surface area contributed by atoms with E-state index in [2.05, 4.69) is 39.0 Å². The highest BCUT2D eigenvalue weighted by atomic mass is 32.2. The van der Waals surface area contributed by atoms with Crippen LogP contribution in [-0.4, -0.2) is 44.4 Å². The predicted octanol–water partition coefficient (Wildman–Crippen LogP) is 4.19. The van der Waals surface area contributed by atoms with E-state index in [4.69, 9.17) is 4.42 Å². The van der Waals surface area contributed by atoms with Gasteiger partial charge < -0.3 is 13.9 Å². The minimum atomic E-state index is 0.188. The van der Waals surface area contributed by atoms with Crippen LogP contribution in [0.2, 0.25) is 0 Å². The van der Waals surface area contributed by atoms with E-state index in [0.29, 0.717) is 5.75 Å². The van der Waals surface area contributed by atoms with Gasteiger partial charge in [-0.25, -0.2) is 0 Å². The molecule has 1 fully saturated rings. The number of nitrogens with zero attached hydrogens (tertiary/aromatic N) is 4. The zero-order valence-corrected chi connectivity index (χ0v) is 17.5. The fraction of sp³-hybridized carbons (Fsp3) is 0.409. The van der Waals surface area contributed by atoms with Crippen molar-refractivity contribution in [3.05, 3.63) is 54.0 Å². The van der Waals surface area contributed by atoms with Gasteiger partial charge in [0.2, 0.25) is 5.91 Å². The molecule has 1 aliphatic heterocycles. The van der Waals surface area contributed by atoms with Crippen molar-refractivity contribution in [2.45, 2.75) is 44.3 Å². The molecule has 4 rings (SSSR count). The Hall–Kier alpha value is -2.54. The van der Waals surface area contributed by atoms with E-state index >= 15 is 0 Å². The molecule has 0 saturated carbocycles. The molecular weight excluding hydrogens is 384 g/mol. The molecule has 0 aliphatic carbocycles. The van der Waals surface area contributed by atoms with Crippen molar-refractivity contribution < 1.29 is 9.21 Å². The highest BCUT2D eigenvalue weighted by molar-refractivity contribution is 7.99. The smallest absolute Gasteiger partial charge is 0.233 e. The molecule has 0 unspecified atom stereocenters. The number of aryl methyl sites for hydroxylation is 2. The molecule has 0 bridgehead atoms. The van der Waals surface area contributed by atoms with Gasteiger partial charge in [-0.15, -0.1) is 10.2 Å². The number of benzene rings is 1. The summed E-state index contributed by atoms with van der Waals surface area (Å²) in [5, 5.41) is 9.62. The second-order valence-electron chi connectivity index (χ2n) is 7.31. The molecule has 29 heavy (non-hydrogen) atoms. The topological polar surface area (TPSA) is 64.2 Å². The average Bonchev–Trinajstić information content (AvgIpc) is 3.37. The van der Waals surface area contributed by atoms with Crippen LogP contribution in [-0.2, 0) is 17.8 Å². The van der Waals surface area contributed by atoms with Gasteiger partial charge in [-0.1, -0.05) is 42.1 Å². The SMILES string of the molecule is Cc1occc1-c1nnc(SCC(=O)N2CCCCC2)n1CCc1ccccc1. The van der Waals surface area contributed by atoms with Crippen molar-refractivity contribution in [1.82, 2.24) is 19.7 Å². The van der Waals surface area contributed by atoms with Gasteiger partial charge in [0.1, 0.15) is 5.76 Å². The van der Waals surface area contributed by atoms with Gasteiger partial charge in [0.05, 0.1) is 17.6 Å². The summed E-state index contributed by atoms with van der Waals surface area (Å²) in [5.74, 6) is 2.20. The fourth-order valence-electron chi connectivity index (χ4n) is 3.66. The van der Waals surface area contributed by atoms with Crippen LogP contribution in [0.25, 0.3) is 11.4 Å². The maximum absolute atomic E-state index is 12.6. The Kier molecular flexibility index (Phi) is 6.34. The van der Waals surface area contributed by atoms with Crippen LogP contribution in [0.15, 0.2) is 52.2 Å². The van der Waals surface area contributed by atoms with E-state index in [1.165, 1.54) is 23.7 Å². The van der Waals surface area contributed by atoms with Crippen LogP contribution in [0.1, 0.15) is 30.6 Å². The van der Waals surface area contributed by atoms with Crippen LogP contribution in [0.4, 0.5) is 0 Å². The quantitative estimate of drug-likeness (QED) is 0.547. The second kappa shape index (κ2) is 9.31. The number of carbonyl (C=O) groups excluding carboxylic acids is 1. The third kappa shape index (κ3) is 4.72. The van der Waals surface area contributed by atoms with Crippen LogP contribution in [0.5, 0.6) is 0 Å². The number of piperidine rings is 1. The Labute approximate surface area is 175 Å². The Morgan fingerprint density at radius 2 is 1.90 bits per heavy atom. The summed E-state index contributed by atoms with van der Waals surface area (Å²) in [4.78, 5) is 14.6. The van der Waals surface area contributed by atoms with E-state index in [1.807, 2.05) is 24.0 Å². The molecule has 0 spiro atoms. The first-order valence-corrected chi connectivity index (χ1v) is 11.1. The van der Waals surface area contributed by atoms with Gasteiger partial charge in [-0.05, 0) is 44.2 Å². The monoisotopic (exact) mass is 410 g/mol. The summed E-state index contributed by atoms with van der Waals surface area (Å²) >= 11 is 1.48. The van der Waals surface area contributed by atoms with Gasteiger partial charge in [-0.3, -0.25) is 4.79 Å². The molecule has 1 aromatic carbocycles. The minimum Gasteiger partial charge on any atom is -0.469 e. The molecule has 1 amide bonds. The van der Waals surface area contributed by atoms with Crippen molar-refractivity contribution in [2.75, 3.05) is 18.8 Å². The maximum Gasteiger partial charge on any atom is 0.233 e. The molecule has 0 atom stereocenters. The van der Waals surface area contributed by atoms with Gasteiger partial charge in [0.15, 0.2) is 11.0 Å². The van der Waals surface area contributed by atoms with Crippen LogP contribution >= 0.6 is 11.8 Å². The Balaban J connectivity index is 1.52. The largest absolute Gasteiger partial charge is 0.469 e. The Morgan fingerprint density at radius 3 is 2.62 bits per heavy atom. The molecule has 3 aromatic rings.